The van der Waals surface area contributed by atoms with Gasteiger partial charge in [-0.2, -0.15) is 0 Å². The van der Waals surface area contributed by atoms with Gasteiger partial charge < -0.3 is 16.0 Å². The van der Waals surface area contributed by atoms with Crippen LogP contribution in [0.1, 0.15) is 0 Å². The molecule has 0 unspecified atom stereocenters. The number of nitrogens with one attached hydrogen (secondary N) is 3. The molecule has 0 bridgehead atoms. The van der Waals surface area contributed by atoms with Crippen molar-refractivity contribution in [3.8, 4) is 23.6 Å². The Bertz CT molecular complexity index is 1430. The second-order valence-corrected chi connectivity index (χ2v) is 8.31. The van der Waals surface area contributed by atoms with Gasteiger partial charge in [0.1, 0.15) is 12.5 Å². The Morgan fingerprint density at radius 3 is 2.78 bits per heavy atom. The van der Waals surface area contributed by atoms with Crippen LogP contribution in [0, 0.1) is 12.3 Å². The number of nitrogens with zero attached hydrogens (tertiary/aromatic N) is 5. The van der Waals surface area contributed by atoms with Gasteiger partial charge >= 0.3 is 0 Å². The van der Waals surface area contributed by atoms with E-state index in [4.69, 9.17) is 11.4 Å². The number of hydrogen-bond donors (Lipinski definition) is 3. The summed E-state index contributed by atoms with van der Waals surface area (Å²) >= 11 is 0. The lowest BCUT2D eigenvalue weighted by molar-refractivity contribution is -0.111. The number of rotatable bonds is 8. The first-order chi connectivity index (χ1) is 17.6. The quantitative estimate of drug-likeness (QED) is 0.328. The molecule has 0 atom stereocenters. The smallest absolute Gasteiger partial charge is 0.300 e. The minimum Gasteiger partial charge on any atom is -0.365 e. The molecule has 1 fully saturated rings. The van der Waals surface area contributed by atoms with Gasteiger partial charge in [0.15, 0.2) is 0 Å². The van der Waals surface area contributed by atoms with Crippen LogP contribution in [0.4, 0.5) is 27.5 Å². The number of aromatic nitrogens is 4. The number of alkyl halides is 1. The van der Waals surface area contributed by atoms with E-state index in [0.29, 0.717) is 29.4 Å². The van der Waals surface area contributed by atoms with E-state index in [2.05, 4.69) is 35.8 Å². The lowest BCUT2D eigenvalue weighted by Crippen LogP contribution is -2.55. The van der Waals surface area contributed by atoms with E-state index in [1.54, 1.807) is 30.7 Å². The molecular weight excluding hydrogens is 459 g/mol. The van der Waals surface area contributed by atoms with Crippen LogP contribution in [-0.2, 0) is 4.79 Å². The number of terminal acetylenes is 1. The van der Waals surface area contributed by atoms with Crippen molar-refractivity contribution >= 4 is 40.0 Å². The molecule has 3 aromatic heterocycles. The lowest BCUT2D eigenvalue weighted by atomic mass is 10.1. The number of amides is 1. The number of carbonyl (C=O) groups is 1. The Kier molecular flexibility index (Phi) is 6.64. The third-order valence-corrected chi connectivity index (χ3v) is 5.77. The molecule has 5 rings (SSSR count). The van der Waals surface area contributed by atoms with Crippen LogP contribution in [-0.4, -0.2) is 63.1 Å². The highest BCUT2D eigenvalue weighted by Gasteiger charge is 2.26. The second kappa shape index (κ2) is 10.3. The van der Waals surface area contributed by atoms with Gasteiger partial charge in [-0.25, -0.2) is 19.3 Å². The van der Waals surface area contributed by atoms with Crippen molar-refractivity contribution in [2.45, 2.75) is 6.04 Å². The van der Waals surface area contributed by atoms with E-state index in [-0.39, 0.29) is 12.7 Å². The summed E-state index contributed by atoms with van der Waals surface area (Å²) < 4.78 is 12.4. The minimum atomic E-state index is -0.528. The molecule has 4 aromatic rings. The highest BCUT2D eigenvalue weighted by Crippen LogP contribution is 2.28. The lowest BCUT2D eigenvalue weighted by Gasteiger charge is -2.39. The van der Waals surface area contributed by atoms with Gasteiger partial charge in [-0.15, -0.1) is 6.42 Å². The van der Waals surface area contributed by atoms with E-state index >= 15 is 0 Å². The summed E-state index contributed by atoms with van der Waals surface area (Å²) in [6.45, 7) is 1.78. The average Bonchev–Trinajstić information content (AvgIpc) is 2.88. The molecule has 180 valence electrons. The molecule has 1 aromatic carbocycles. The molecule has 0 aliphatic carbocycles. The molecule has 9 nitrogen and oxygen atoms in total. The van der Waals surface area contributed by atoms with E-state index in [0.717, 1.165) is 35.5 Å². The van der Waals surface area contributed by atoms with E-state index < -0.39 is 5.91 Å². The molecule has 1 aliphatic heterocycles. The van der Waals surface area contributed by atoms with E-state index in [1.807, 2.05) is 36.3 Å². The fourth-order valence-corrected chi connectivity index (χ4v) is 4.00. The number of likely N-dealkylation sites (tertiary alicyclic amines) is 1. The minimum absolute atomic E-state index is 0.275. The number of carbonyl (C=O) groups excluding carboxylic acids is 1. The molecule has 3 N–H and O–H groups in total. The Labute approximate surface area is 207 Å². The summed E-state index contributed by atoms with van der Waals surface area (Å²) in [4.78, 5) is 31.7. The molecule has 1 amide bonds. The SMILES string of the molecule is C#CC(=O)Nc1ccnc(-c2cccc3cnc(Nc4ccc(NC5CN(CCF)C5)nc4)nc23)c1. The number of para-hydroxylation sites is 1. The number of anilines is 4. The molecule has 4 heterocycles. The van der Waals surface area contributed by atoms with Gasteiger partial charge in [0.2, 0.25) is 5.95 Å². The molecular formula is C26H23FN8O. The third kappa shape index (κ3) is 5.21. The second-order valence-electron chi connectivity index (χ2n) is 8.31. The monoisotopic (exact) mass is 482 g/mol. The van der Waals surface area contributed by atoms with Crippen LogP contribution in [0.15, 0.2) is 61.1 Å². The molecule has 1 aliphatic rings. The van der Waals surface area contributed by atoms with Gasteiger partial charge in [0, 0.05) is 48.7 Å². The first-order valence-electron chi connectivity index (χ1n) is 11.4. The maximum absolute atomic E-state index is 12.4. The van der Waals surface area contributed by atoms with E-state index in [1.165, 1.54) is 0 Å². The number of halogens is 1. The number of pyridine rings is 2. The first-order valence-corrected chi connectivity index (χ1v) is 11.4. The Morgan fingerprint density at radius 2 is 2.00 bits per heavy atom. The zero-order valence-corrected chi connectivity index (χ0v) is 19.3. The van der Waals surface area contributed by atoms with Crippen LogP contribution in [0.3, 0.4) is 0 Å². The van der Waals surface area contributed by atoms with Crippen molar-refractivity contribution in [2.24, 2.45) is 0 Å². The van der Waals surface area contributed by atoms with Crippen LogP contribution in [0.2, 0.25) is 0 Å². The third-order valence-electron chi connectivity index (χ3n) is 5.77. The number of hydrogen-bond acceptors (Lipinski definition) is 8. The zero-order chi connectivity index (χ0) is 24.9. The summed E-state index contributed by atoms with van der Waals surface area (Å²) in [6.07, 6.45) is 10.2. The molecule has 0 saturated carbocycles. The average molecular weight is 483 g/mol. The summed E-state index contributed by atoms with van der Waals surface area (Å²) in [6, 6.07) is 13.2. The standard InChI is InChI=1S/C26H23FN8O/c1-2-24(36)32-18-8-10-28-22(12-18)21-5-3-4-17-13-30-26(34-25(17)21)33-19-6-7-23(29-14-19)31-20-15-35(16-20)11-9-27/h1,3-8,10,12-14,20H,9,11,15-16H2,(H,29,31)(H,28,32,36)(H,30,33,34). The molecule has 1 saturated heterocycles. The zero-order valence-electron chi connectivity index (χ0n) is 19.3. The summed E-state index contributed by atoms with van der Waals surface area (Å²) in [5, 5.41) is 10.0. The summed E-state index contributed by atoms with van der Waals surface area (Å²) in [5.41, 5.74) is 3.41. The van der Waals surface area contributed by atoms with Gasteiger partial charge in [-0.05, 0) is 30.2 Å². The largest absolute Gasteiger partial charge is 0.365 e. The molecule has 0 spiro atoms. The van der Waals surface area contributed by atoms with Crippen molar-refractivity contribution in [3.05, 3.63) is 61.1 Å². The maximum Gasteiger partial charge on any atom is 0.300 e. The van der Waals surface area contributed by atoms with Gasteiger partial charge in [0.25, 0.3) is 5.91 Å². The highest BCUT2D eigenvalue weighted by atomic mass is 19.1. The fourth-order valence-electron chi connectivity index (χ4n) is 4.00. The van der Waals surface area contributed by atoms with Gasteiger partial charge in [-0.1, -0.05) is 18.2 Å². The molecule has 10 heteroatoms. The number of fused-ring (bicyclic) bond motifs is 1. The van der Waals surface area contributed by atoms with Crippen LogP contribution in [0.5, 0.6) is 0 Å². The predicted molar refractivity (Wildman–Crippen MR) is 138 cm³/mol. The van der Waals surface area contributed by atoms with Gasteiger partial charge in [0.05, 0.1) is 29.1 Å². The Hall–Kier alpha value is -4.62. The number of benzene rings is 1. The van der Waals surface area contributed by atoms with Crippen molar-refractivity contribution in [1.29, 1.82) is 0 Å². The highest BCUT2D eigenvalue weighted by molar-refractivity contribution is 6.04. The maximum atomic E-state index is 12.4. The molecule has 0 radical (unpaired) electrons. The molecule has 36 heavy (non-hydrogen) atoms. The Morgan fingerprint density at radius 1 is 1.11 bits per heavy atom. The van der Waals surface area contributed by atoms with Crippen LogP contribution >= 0.6 is 0 Å². The summed E-state index contributed by atoms with van der Waals surface area (Å²) in [7, 11) is 0. The Balaban J connectivity index is 1.32. The van der Waals surface area contributed by atoms with Crippen molar-refractivity contribution < 1.29 is 9.18 Å². The topological polar surface area (TPSA) is 108 Å². The van der Waals surface area contributed by atoms with E-state index in [9.17, 15) is 9.18 Å². The van der Waals surface area contributed by atoms with Crippen LogP contribution < -0.4 is 16.0 Å². The fraction of sp³-hybridized carbons (Fsp3) is 0.192. The van der Waals surface area contributed by atoms with Crippen LogP contribution in [0.25, 0.3) is 22.2 Å². The predicted octanol–water partition coefficient (Wildman–Crippen LogP) is 3.47. The summed E-state index contributed by atoms with van der Waals surface area (Å²) in [5.74, 6) is 2.68. The van der Waals surface area contributed by atoms with Crippen molar-refractivity contribution in [3.63, 3.8) is 0 Å². The normalized spacial score (nSPS) is 13.6. The van der Waals surface area contributed by atoms with Gasteiger partial charge in [-0.3, -0.25) is 14.7 Å². The van der Waals surface area contributed by atoms with Crippen molar-refractivity contribution in [2.75, 3.05) is 42.3 Å². The van der Waals surface area contributed by atoms with Crippen molar-refractivity contribution in [1.82, 2.24) is 24.8 Å². The first kappa shape index (κ1) is 23.1.